The van der Waals surface area contributed by atoms with Gasteiger partial charge in [0.2, 0.25) is 5.91 Å². The molecule has 0 aliphatic carbocycles. The van der Waals surface area contributed by atoms with Crippen LogP contribution >= 0.6 is 11.3 Å². The monoisotopic (exact) mass is 320 g/mol. The van der Waals surface area contributed by atoms with E-state index in [4.69, 9.17) is 0 Å². The standard InChI is InChI=1S/C16H24N4OS/c1-11-13(22-12(2)18-11)8-15(21)19-14(16(3,4)5)9-20-7-6-17-10-20/h6-7,10,14H,8-9H2,1-5H3,(H,19,21)/t14-/m0/s1. The van der Waals surface area contributed by atoms with Crippen molar-refractivity contribution in [3.05, 3.63) is 34.3 Å². The van der Waals surface area contributed by atoms with Gasteiger partial charge in [0, 0.05) is 23.8 Å². The fourth-order valence-electron chi connectivity index (χ4n) is 2.27. The molecule has 2 rings (SSSR count). The molecule has 2 aromatic rings. The Hall–Kier alpha value is -1.69. The maximum atomic E-state index is 12.4. The summed E-state index contributed by atoms with van der Waals surface area (Å²) in [4.78, 5) is 21.9. The zero-order valence-corrected chi connectivity index (χ0v) is 14.7. The van der Waals surface area contributed by atoms with Crippen LogP contribution in [0.1, 0.15) is 36.3 Å². The van der Waals surface area contributed by atoms with Crippen molar-refractivity contribution in [2.24, 2.45) is 5.41 Å². The van der Waals surface area contributed by atoms with Crippen molar-refractivity contribution in [3.63, 3.8) is 0 Å². The Kier molecular flexibility index (Phi) is 5.01. The van der Waals surface area contributed by atoms with Gasteiger partial charge in [0.15, 0.2) is 0 Å². The molecule has 120 valence electrons. The topological polar surface area (TPSA) is 59.8 Å². The van der Waals surface area contributed by atoms with Crippen LogP contribution in [-0.2, 0) is 17.8 Å². The Morgan fingerprint density at radius 3 is 2.64 bits per heavy atom. The number of thiazole rings is 1. The van der Waals surface area contributed by atoms with Crippen LogP contribution in [0.25, 0.3) is 0 Å². The second kappa shape index (κ2) is 6.60. The van der Waals surface area contributed by atoms with Crippen LogP contribution in [0.2, 0.25) is 0 Å². The summed E-state index contributed by atoms with van der Waals surface area (Å²) in [6.07, 6.45) is 5.85. The molecule has 6 heteroatoms. The second-order valence-corrected chi connectivity index (χ2v) is 7.95. The third-order valence-corrected chi connectivity index (χ3v) is 4.73. The summed E-state index contributed by atoms with van der Waals surface area (Å²) >= 11 is 1.60. The van der Waals surface area contributed by atoms with Gasteiger partial charge in [-0.2, -0.15) is 0 Å². The lowest BCUT2D eigenvalue weighted by atomic mass is 9.86. The first-order chi connectivity index (χ1) is 10.3. The number of aryl methyl sites for hydroxylation is 2. The van der Waals surface area contributed by atoms with Gasteiger partial charge in [-0.05, 0) is 19.3 Å². The van der Waals surface area contributed by atoms with E-state index in [9.17, 15) is 4.79 Å². The quantitative estimate of drug-likeness (QED) is 0.921. The van der Waals surface area contributed by atoms with Crippen molar-refractivity contribution in [2.45, 2.75) is 53.6 Å². The van der Waals surface area contributed by atoms with E-state index in [1.807, 2.05) is 24.6 Å². The zero-order valence-electron chi connectivity index (χ0n) is 13.9. The third-order valence-electron chi connectivity index (χ3n) is 3.65. The number of rotatable bonds is 5. The van der Waals surface area contributed by atoms with Crippen LogP contribution in [0.5, 0.6) is 0 Å². The van der Waals surface area contributed by atoms with E-state index in [0.29, 0.717) is 6.42 Å². The molecule has 0 saturated carbocycles. The second-order valence-electron chi connectivity index (χ2n) is 6.66. The predicted octanol–water partition coefficient (Wildman–Crippen LogP) is 2.73. The van der Waals surface area contributed by atoms with Crippen molar-refractivity contribution < 1.29 is 4.79 Å². The molecule has 2 heterocycles. The first-order valence-electron chi connectivity index (χ1n) is 7.43. The molecule has 1 N–H and O–H groups in total. The Bertz CT molecular complexity index is 625. The molecule has 5 nitrogen and oxygen atoms in total. The first-order valence-corrected chi connectivity index (χ1v) is 8.25. The van der Waals surface area contributed by atoms with Gasteiger partial charge < -0.3 is 9.88 Å². The van der Waals surface area contributed by atoms with Crippen molar-refractivity contribution in [2.75, 3.05) is 0 Å². The third kappa shape index (κ3) is 4.40. The highest BCUT2D eigenvalue weighted by Gasteiger charge is 2.27. The van der Waals surface area contributed by atoms with Gasteiger partial charge >= 0.3 is 0 Å². The fraction of sp³-hybridized carbons (Fsp3) is 0.562. The lowest BCUT2D eigenvalue weighted by Crippen LogP contribution is -2.46. The van der Waals surface area contributed by atoms with E-state index >= 15 is 0 Å². The summed E-state index contributed by atoms with van der Waals surface area (Å²) in [5.74, 6) is 0.0480. The minimum Gasteiger partial charge on any atom is -0.351 e. The molecular formula is C16H24N4OS. The molecule has 2 aromatic heterocycles. The number of aromatic nitrogens is 3. The molecule has 0 radical (unpaired) electrons. The zero-order chi connectivity index (χ0) is 16.3. The average molecular weight is 320 g/mol. The Balaban J connectivity index is 2.03. The molecule has 1 amide bonds. The van der Waals surface area contributed by atoms with E-state index in [1.54, 1.807) is 23.9 Å². The van der Waals surface area contributed by atoms with Gasteiger partial charge in [0.25, 0.3) is 0 Å². The first kappa shape index (κ1) is 16.7. The molecule has 0 bridgehead atoms. The van der Waals surface area contributed by atoms with E-state index in [-0.39, 0.29) is 17.4 Å². The highest BCUT2D eigenvalue weighted by atomic mass is 32.1. The van der Waals surface area contributed by atoms with E-state index < -0.39 is 0 Å². The summed E-state index contributed by atoms with van der Waals surface area (Å²) in [6.45, 7) is 11.1. The largest absolute Gasteiger partial charge is 0.351 e. The minimum absolute atomic E-state index is 0.0292. The predicted molar refractivity (Wildman–Crippen MR) is 88.9 cm³/mol. The fourth-order valence-corrected chi connectivity index (χ4v) is 3.21. The number of amides is 1. The summed E-state index contributed by atoms with van der Waals surface area (Å²) in [6, 6.07) is 0.0449. The van der Waals surface area contributed by atoms with Crippen LogP contribution in [-0.4, -0.2) is 26.5 Å². The number of hydrogen-bond donors (Lipinski definition) is 1. The summed E-state index contributed by atoms with van der Waals surface area (Å²) in [7, 11) is 0. The van der Waals surface area contributed by atoms with Crippen LogP contribution in [0, 0.1) is 19.3 Å². The Morgan fingerprint density at radius 1 is 1.41 bits per heavy atom. The smallest absolute Gasteiger partial charge is 0.225 e. The van der Waals surface area contributed by atoms with E-state index in [2.05, 4.69) is 36.1 Å². The lowest BCUT2D eigenvalue weighted by Gasteiger charge is -2.31. The SMILES string of the molecule is Cc1nc(C)c(CC(=O)N[C@@H](Cn2ccnc2)C(C)(C)C)s1. The van der Waals surface area contributed by atoms with Gasteiger partial charge in [-0.3, -0.25) is 4.79 Å². The molecule has 0 saturated heterocycles. The highest BCUT2D eigenvalue weighted by molar-refractivity contribution is 7.11. The van der Waals surface area contributed by atoms with Gasteiger partial charge in [0.05, 0.1) is 29.5 Å². The number of nitrogens with zero attached hydrogens (tertiary/aromatic N) is 3. The van der Waals surface area contributed by atoms with Crippen molar-refractivity contribution in [1.29, 1.82) is 0 Å². The maximum absolute atomic E-state index is 12.4. The normalized spacial score (nSPS) is 13.1. The molecule has 22 heavy (non-hydrogen) atoms. The molecule has 1 atom stereocenters. The molecule has 0 unspecified atom stereocenters. The van der Waals surface area contributed by atoms with E-state index in [0.717, 1.165) is 22.1 Å². The van der Waals surface area contributed by atoms with Gasteiger partial charge in [-0.25, -0.2) is 9.97 Å². The summed E-state index contributed by atoms with van der Waals surface area (Å²) in [5, 5.41) is 4.18. The number of carbonyl (C=O) groups is 1. The van der Waals surface area contributed by atoms with E-state index in [1.165, 1.54) is 0 Å². The molecule has 0 aliphatic heterocycles. The number of carbonyl (C=O) groups excluding carboxylic acids is 1. The molecule has 0 fully saturated rings. The van der Waals surface area contributed by atoms with Crippen molar-refractivity contribution >= 4 is 17.2 Å². The Labute approximate surface area is 135 Å². The van der Waals surface area contributed by atoms with Crippen molar-refractivity contribution in [1.82, 2.24) is 19.9 Å². The van der Waals surface area contributed by atoms with Crippen LogP contribution in [0.3, 0.4) is 0 Å². The molecular weight excluding hydrogens is 296 g/mol. The van der Waals surface area contributed by atoms with Gasteiger partial charge in [0.1, 0.15) is 0 Å². The minimum atomic E-state index is -0.0292. The average Bonchev–Trinajstić information content (AvgIpc) is 2.98. The molecule has 0 aromatic carbocycles. The van der Waals surface area contributed by atoms with Crippen molar-refractivity contribution in [3.8, 4) is 0 Å². The van der Waals surface area contributed by atoms with Gasteiger partial charge in [-0.15, -0.1) is 11.3 Å². The van der Waals surface area contributed by atoms with Gasteiger partial charge in [-0.1, -0.05) is 20.8 Å². The van der Waals surface area contributed by atoms with Crippen LogP contribution < -0.4 is 5.32 Å². The summed E-state index contributed by atoms with van der Waals surface area (Å²) < 4.78 is 2.00. The maximum Gasteiger partial charge on any atom is 0.225 e. The highest BCUT2D eigenvalue weighted by Crippen LogP contribution is 2.22. The summed E-state index contributed by atoms with van der Waals surface area (Å²) in [5.41, 5.74) is 0.929. The Morgan fingerprint density at radius 2 is 2.14 bits per heavy atom. The van der Waals surface area contributed by atoms with Crippen LogP contribution in [0.15, 0.2) is 18.7 Å². The number of imidazole rings is 1. The number of nitrogens with one attached hydrogen (secondary N) is 1. The molecule has 0 aliphatic rings. The number of hydrogen-bond acceptors (Lipinski definition) is 4. The molecule has 0 spiro atoms. The van der Waals surface area contributed by atoms with Crippen LogP contribution in [0.4, 0.5) is 0 Å². The lowest BCUT2D eigenvalue weighted by molar-refractivity contribution is -0.122.